The van der Waals surface area contributed by atoms with Crippen molar-refractivity contribution in [1.29, 1.82) is 0 Å². The summed E-state index contributed by atoms with van der Waals surface area (Å²) in [6.45, 7) is 1.68. The molecule has 6 heteroatoms. The quantitative estimate of drug-likeness (QED) is 0.910. The first-order valence-corrected chi connectivity index (χ1v) is 6.56. The zero-order valence-electron chi connectivity index (χ0n) is 11.0. The fourth-order valence-corrected chi connectivity index (χ4v) is 1.94. The first kappa shape index (κ1) is 13.1. The van der Waals surface area contributed by atoms with Crippen LogP contribution in [0.1, 0.15) is 49.1 Å². The molecular weight excluding hydrogens is 263 g/mol. The second kappa shape index (κ2) is 5.20. The van der Waals surface area contributed by atoms with E-state index in [1.165, 1.54) is 18.2 Å². The van der Waals surface area contributed by atoms with Crippen LogP contribution < -0.4 is 4.74 Å². The molecule has 1 aromatic carbocycles. The van der Waals surface area contributed by atoms with Gasteiger partial charge in [0, 0.05) is 11.5 Å². The van der Waals surface area contributed by atoms with Crippen molar-refractivity contribution in [3.05, 3.63) is 41.3 Å². The van der Waals surface area contributed by atoms with E-state index in [9.17, 15) is 9.50 Å². The van der Waals surface area contributed by atoms with Crippen molar-refractivity contribution >= 4 is 0 Å². The van der Waals surface area contributed by atoms with Crippen LogP contribution in [0.15, 0.2) is 22.7 Å². The first-order valence-electron chi connectivity index (χ1n) is 6.56. The molecule has 106 valence electrons. The van der Waals surface area contributed by atoms with Crippen molar-refractivity contribution in [1.82, 2.24) is 10.1 Å². The maximum atomic E-state index is 13.2. The van der Waals surface area contributed by atoms with E-state index in [1.807, 2.05) is 0 Å². The molecule has 1 unspecified atom stereocenters. The second-order valence-electron chi connectivity index (χ2n) is 4.97. The average Bonchev–Trinajstić information content (AvgIpc) is 3.17. The second-order valence-corrected chi connectivity index (χ2v) is 4.97. The Labute approximate surface area is 115 Å². The molecule has 1 fully saturated rings. The molecule has 1 aliphatic carbocycles. The third-order valence-electron chi connectivity index (χ3n) is 3.19. The van der Waals surface area contributed by atoms with Crippen LogP contribution in [-0.2, 0) is 6.61 Å². The molecule has 0 spiro atoms. The van der Waals surface area contributed by atoms with Crippen LogP contribution in [-0.4, -0.2) is 15.2 Å². The number of benzene rings is 1. The summed E-state index contributed by atoms with van der Waals surface area (Å²) in [6, 6.07) is 4.03. The monoisotopic (exact) mass is 278 g/mol. The summed E-state index contributed by atoms with van der Waals surface area (Å²) in [5, 5.41) is 13.5. The minimum absolute atomic E-state index is 0.127. The fourth-order valence-electron chi connectivity index (χ4n) is 1.94. The Morgan fingerprint density at radius 2 is 2.30 bits per heavy atom. The molecule has 1 N–H and O–H groups in total. The number of halogens is 1. The van der Waals surface area contributed by atoms with Gasteiger partial charge < -0.3 is 14.4 Å². The first-order chi connectivity index (χ1) is 9.63. The maximum absolute atomic E-state index is 13.2. The summed E-state index contributed by atoms with van der Waals surface area (Å²) in [6.07, 6.45) is 1.37. The van der Waals surface area contributed by atoms with Crippen LogP contribution in [0.5, 0.6) is 5.75 Å². The van der Waals surface area contributed by atoms with Gasteiger partial charge in [-0.1, -0.05) is 5.16 Å². The van der Waals surface area contributed by atoms with Crippen molar-refractivity contribution in [2.24, 2.45) is 0 Å². The molecule has 0 bridgehead atoms. The van der Waals surface area contributed by atoms with E-state index in [1.54, 1.807) is 6.92 Å². The highest BCUT2D eigenvalue weighted by Gasteiger charge is 2.29. The zero-order valence-corrected chi connectivity index (χ0v) is 11.0. The van der Waals surface area contributed by atoms with E-state index in [0.717, 1.165) is 12.8 Å². The number of hydrogen-bond donors (Lipinski definition) is 1. The Hall–Kier alpha value is -1.95. The summed E-state index contributed by atoms with van der Waals surface area (Å²) in [5.41, 5.74) is 0.399. The Morgan fingerprint density at radius 3 is 3.00 bits per heavy atom. The van der Waals surface area contributed by atoms with E-state index in [-0.39, 0.29) is 6.61 Å². The van der Waals surface area contributed by atoms with Gasteiger partial charge in [0.1, 0.15) is 11.6 Å². The van der Waals surface area contributed by atoms with E-state index in [4.69, 9.17) is 9.26 Å². The van der Waals surface area contributed by atoms with Crippen LogP contribution in [0.25, 0.3) is 0 Å². The van der Waals surface area contributed by atoms with Gasteiger partial charge in [0.25, 0.3) is 0 Å². The highest BCUT2D eigenvalue weighted by Crippen LogP contribution is 2.38. The molecule has 0 aliphatic heterocycles. The third kappa shape index (κ3) is 2.80. The molecule has 3 rings (SSSR count). The normalized spacial score (nSPS) is 16.1. The Kier molecular flexibility index (Phi) is 3.40. The number of aromatic nitrogens is 2. The van der Waals surface area contributed by atoms with Gasteiger partial charge >= 0.3 is 0 Å². The van der Waals surface area contributed by atoms with E-state index in [2.05, 4.69) is 10.1 Å². The van der Waals surface area contributed by atoms with Gasteiger partial charge in [0.15, 0.2) is 6.61 Å². The largest absolute Gasteiger partial charge is 0.485 e. The fraction of sp³-hybridized carbons (Fsp3) is 0.429. The predicted octanol–water partition coefficient (Wildman–Crippen LogP) is 2.72. The molecule has 5 nitrogen and oxygen atoms in total. The highest BCUT2D eigenvalue weighted by molar-refractivity contribution is 5.35. The molecule has 0 amide bonds. The number of aliphatic hydroxyl groups excluding tert-OH is 1. The smallest absolute Gasteiger partial charge is 0.229 e. The van der Waals surface area contributed by atoms with Crippen molar-refractivity contribution in [3.63, 3.8) is 0 Å². The molecule has 2 aromatic rings. The van der Waals surface area contributed by atoms with Gasteiger partial charge in [0.05, 0.1) is 6.10 Å². The lowest BCUT2D eigenvalue weighted by Crippen LogP contribution is -2.03. The van der Waals surface area contributed by atoms with E-state index < -0.39 is 11.9 Å². The number of nitrogens with zero attached hydrogens (tertiary/aromatic N) is 2. The van der Waals surface area contributed by atoms with Gasteiger partial charge in [-0.2, -0.15) is 4.98 Å². The Balaban J connectivity index is 1.70. The SMILES string of the molecule is CC(O)c1cc(F)ccc1OCc1noc(C2CC2)n1. The molecule has 0 radical (unpaired) electrons. The number of aliphatic hydroxyl groups is 1. The number of rotatable bonds is 5. The highest BCUT2D eigenvalue weighted by atomic mass is 19.1. The number of ether oxygens (including phenoxy) is 1. The Morgan fingerprint density at radius 1 is 1.50 bits per heavy atom. The summed E-state index contributed by atoms with van der Waals surface area (Å²) in [5.74, 6) is 1.50. The van der Waals surface area contributed by atoms with Crippen molar-refractivity contribution < 1.29 is 18.8 Å². The maximum Gasteiger partial charge on any atom is 0.229 e. The number of hydrogen-bond acceptors (Lipinski definition) is 5. The van der Waals surface area contributed by atoms with Crippen LogP contribution in [0.3, 0.4) is 0 Å². The average molecular weight is 278 g/mol. The van der Waals surface area contributed by atoms with Crippen molar-refractivity contribution in [3.8, 4) is 5.75 Å². The van der Waals surface area contributed by atoms with Crippen molar-refractivity contribution in [2.75, 3.05) is 0 Å². The molecule has 1 heterocycles. The molecule has 1 aromatic heterocycles. The summed E-state index contributed by atoms with van der Waals surface area (Å²) in [7, 11) is 0. The molecular formula is C14H15FN2O3. The van der Waals surface area contributed by atoms with Gasteiger partial charge in [-0.05, 0) is 38.0 Å². The predicted molar refractivity (Wildman–Crippen MR) is 67.6 cm³/mol. The summed E-state index contributed by atoms with van der Waals surface area (Å²) < 4.78 is 23.8. The van der Waals surface area contributed by atoms with E-state index >= 15 is 0 Å². The Bertz CT molecular complexity index is 608. The topological polar surface area (TPSA) is 68.4 Å². The van der Waals surface area contributed by atoms with Crippen molar-refractivity contribution in [2.45, 2.75) is 38.4 Å². The van der Waals surface area contributed by atoms with Crippen LogP contribution in [0.2, 0.25) is 0 Å². The van der Waals surface area contributed by atoms with Crippen LogP contribution >= 0.6 is 0 Å². The van der Waals surface area contributed by atoms with Crippen LogP contribution in [0, 0.1) is 5.82 Å². The standard InChI is InChI=1S/C14H15FN2O3/c1-8(18)11-6-10(15)4-5-12(11)19-7-13-16-14(20-17-13)9-2-3-9/h4-6,8-9,18H,2-3,7H2,1H3. The van der Waals surface area contributed by atoms with Crippen LogP contribution in [0.4, 0.5) is 4.39 Å². The van der Waals surface area contributed by atoms with Gasteiger partial charge in [-0.25, -0.2) is 4.39 Å². The van der Waals surface area contributed by atoms with Gasteiger partial charge in [-0.3, -0.25) is 0 Å². The van der Waals surface area contributed by atoms with Gasteiger partial charge in [0.2, 0.25) is 11.7 Å². The van der Waals surface area contributed by atoms with Gasteiger partial charge in [-0.15, -0.1) is 0 Å². The lowest BCUT2D eigenvalue weighted by atomic mass is 10.1. The molecule has 1 atom stereocenters. The third-order valence-corrected chi connectivity index (χ3v) is 3.19. The zero-order chi connectivity index (χ0) is 14.1. The molecule has 20 heavy (non-hydrogen) atoms. The summed E-state index contributed by atoms with van der Waals surface area (Å²) in [4.78, 5) is 4.24. The lowest BCUT2D eigenvalue weighted by molar-refractivity contribution is 0.188. The molecule has 1 aliphatic rings. The minimum Gasteiger partial charge on any atom is -0.485 e. The lowest BCUT2D eigenvalue weighted by Gasteiger charge is -2.12. The molecule has 1 saturated carbocycles. The molecule has 0 saturated heterocycles. The van der Waals surface area contributed by atoms with E-state index in [0.29, 0.717) is 28.9 Å². The minimum atomic E-state index is -0.812. The summed E-state index contributed by atoms with van der Waals surface area (Å²) >= 11 is 0.